The van der Waals surface area contributed by atoms with Crippen LogP contribution in [0, 0.1) is 13.8 Å². The summed E-state index contributed by atoms with van der Waals surface area (Å²) in [6.07, 6.45) is 12.1. The number of aryl methyl sites for hydroxylation is 2. The molecule has 3 aromatic heterocycles. The molecule has 1 aliphatic heterocycles. The zero-order valence-corrected chi connectivity index (χ0v) is 37.4. The largest absolute Gasteiger partial charge is 0.456 e. The Morgan fingerprint density at radius 1 is 0.694 bits per heavy atom. The SMILES string of the molecule is C=C/C(C)=C(\C=C/C)c1c(C)ccc2c1Oc1ccc3c(c1C2(C)C)c1ccccc1n3-c1ccc2oc(C=C)c(/C=C\C)c2c1.CC.Cc1ccc2oc3ccccc3c2c1. The molecule has 1 aliphatic rings. The normalized spacial score (nSPS) is 13.4. The Bertz CT molecular complexity index is 3300. The minimum atomic E-state index is -0.338. The summed E-state index contributed by atoms with van der Waals surface area (Å²) in [5.41, 5.74) is 15.1. The topological polar surface area (TPSA) is 40.4 Å². The minimum absolute atomic E-state index is 0.338. The average Bonchev–Trinajstić information content (AvgIpc) is 3.95. The second-order valence-corrected chi connectivity index (χ2v) is 16.2. The number of ether oxygens (including phenoxy) is 1. The maximum absolute atomic E-state index is 6.99. The molecule has 62 heavy (non-hydrogen) atoms. The van der Waals surface area contributed by atoms with Crippen molar-refractivity contribution in [1.82, 2.24) is 4.57 Å². The predicted octanol–water partition coefficient (Wildman–Crippen LogP) is 17.4. The van der Waals surface area contributed by atoms with Crippen molar-refractivity contribution >= 4 is 72.4 Å². The first kappa shape index (κ1) is 41.7. The van der Waals surface area contributed by atoms with E-state index in [9.17, 15) is 0 Å². The molecule has 0 unspecified atom stereocenters. The number of allylic oxidation sites excluding steroid dienone is 6. The first-order chi connectivity index (χ1) is 30.1. The van der Waals surface area contributed by atoms with Crippen molar-refractivity contribution in [2.24, 2.45) is 0 Å². The number of furan rings is 2. The third kappa shape index (κ3) is 6.80. The average molecular weight is 814 g/mol. The molecule has 6 aromatic carbocycles. The maximum Gasteiger partial charge on any atom is 0.139 e. The maximum atomic E-state index is 6.99. The number of benzene rings is 6. The van der Waals surface area contributed by atoms with Crippen LogP contribution in [0.25, 0.3) is 78.1 Å². The summed E-state index contributed by atoms with van der Waals surface area (Å²) in [5, 5.41) is 5.89. The van der Waals surface area contributed by atoms with Gasteiger partial charge < -0.3 is 18.1 Å². The van der Waals surface area contributed by atoms with Crippen LogP contribution in [-0.2, 0) is 5.41 Å². The standard InChI is InChI=1S/C43H39NO2.C13H10O.C2H6/c1-9-15-29(26(5)11-3)39-27(6)19-21-33-42(39)46-38-24-22-35-40(41(38)43(33,7)8)31-17-13-14-18-34(31)44(35)28-20-23-37-32(25-28)30(16-10-2)36(12-4)45-37;1-9-6-7-13-11(8-9)10-4-2-3-5-12(10)14-13;1-2/h9-25H,3-4H2,1-2,5-8H3;2-8H,1H3;1-2H3/b15-9-,16-10-,29-26+;;. The number of aromatic nitrogens is 1. The molecule has 310 valence electrons. The van der Waals surface area contributed by atoms with Crippen LogP contribution >= 0.6 is 0 Å². The number of fused-ring (bicyclic) bond motifs is 10. The van der Waals surface area contributed by atoms with Crippen molar-refractivity contribution in [1.29, 1.82) is 0 Å². The lowest BCUT2D eigenvalue weighted by molar-refractivity contribution is 0.419. The summed E-state index contributed by atoms with van der Waals surface area (Å²) in [7, 11) is 0. The van der Waals surface area contributed by atoms with Gasteiger partial charge in [-0.3, -0.25) is 0 Å². The lowest BCUT2D eigenvalue weighted by Crippen LogP contribution is -2.25. The van der Waals surface area contributed by atoms with E-state index in [1.807, 2.05) is 57.2 Å². The number of hydrogen-bond acceptors (Lipinski definition) is 3. The second kappa shape index (κ2) is 16.8. The van der Waals surface area contributed by atoms with Gasteiger partial charge in [0.25, 0.3) is 0 Å². The van der Waals surface area contributed by atoms with Crippen LogP contribution in [0.3, 0.4) is 0 Å². The molecule has 4 heteroatoms. The molecule has 9 aromatic rings. The molecular formula is C58H55NO3. The van der Waals surface area contributed by atoms with Crippen molar-refractivity contribution < 1.29 is 13.6 Å². The van der Waals surface area contributed by atoms with Gasteiger partial charge in [-0.2, -0.15) is 0 Å². The molecule has 0 fully saturated rings. The second-order valence-electron chi connectivity index (χ2n) is 16.2. The van der Waals surface area contributed by atoms with Gasteiger partial charge >= 0.3 is 0 Å². The van der Waals surface area contributed by atoms with E-state index in [2.05, 4.69) is 162 Å². The van der Waals surface area contributed by atoms with Crippen molar-refractivity contribution in [3.63, 3.8) is 0 Å². The number of para-hydroxylation sites is 2. The number of nitrogens with zero attached hydrogens (tertiary/aromatic N) is 1. The molecule has 0 N–H and O–H groups in total. The molecule has 0 radical (unpaired) electrons. The Morgan fingerprint density at radius 2 is 1.40 bits per heavy atom. The summed E-state index contributed by atoms with van der Waals surface area (Å²) < 4.78 is 21.2. The fourth-order valence-corrected chi connectivity index (χ4v) is 9.17. The lowest BCUT2D eigenvalue weighted by atomic mass is 9.72. The van der Waals surface area contributed by atoms with Gasteiger partial charge in [0.2, 0.25) is 0 Å². The van der Waals surface area contributed by atoms with Crippen LogP contribution in [0.5, 0.6) is 11.5 Å². The molecular weight excluding hydrogens is 759 g/mol. The zero-order chi connectivity index (χ0) is 43.9. The van der Waals surface area contributed by atoms with Crippen molar-refractivity contribution in [3.8, 4) is 17.2 Å². The zero-order valence-electron chi connectivity index (χ0n) is 37.4. The molecule has 0 saturated carbocycles. The van der Waals surface area contributed by atoms with E-state index >= 15 is 0 Å². The van der Waals surface area contributed by atoms with Gasteiger partial charge in [0, 0.05) is 60.3 Å². The highest BCUT2D eigenvalue weighted by Crippen LogP contribution is 2.55. The van der Waals surface area contributed by atoms with Crippen molar-refractivity contribution in [2.45, 2.75) is 67.7 Å². The van der Waals surface area contributed by atoms with Crippen molar-refractivity contribution in [3.05, 3.63) is 191 Å². The highest BCUT2D eigenvalue weighted by Gasteiger charge is 2.39. The quantitative estimate of drug-likeness (QED) is 0.157. The van der Waals surface area contributed by atoms with E-state index < -0.39 is 0 Å². The van der Waals surface area contributed by atoms with Gasteiger partial charge in [0.1, 0.15) is 34.0 Å². The Hall–Kier alpha value is -7.04. The van der Waals surface area contributed by atoms with Gasteiger partial charge in [-0.05, 0) is 112 Å². The van der Waals surface area contributed by atoms with Gasteiger partial charge in [-0.15, -0.1) is 0 Å². The summed E-state index contributed by atoms with van der Waals surface area (Å²) >= 11 is 0. The van der Waals surface area contributed by atoms with E-state index in [1.54, 1.807) is 6.08 Å². The van der Waals surface area contributed by atoms with Crippen LogP contribution in [-0.4, -0.2) is 4.57 Å². The molecule has 10 rings (SSSR count). The Labute approximate surface area is 365 Å². The fourth-order valence-electron chi connectivity index (χ4n) is 9.17. The molecule has 0 saturated heterocycles. The third-order valence-corrected chi connectivity index (χ3v) is 12.1. The first-order valence-electron chi connectivity index (χ1n) is 21.6. The van der Waals surface area contributed by atoms with Gasteiger partial charge in [0.05, 0.1) is 11.0 Å². The van der Waals surface area contributed by atoms with Crippen LogP contribution in [0.1, 0.15) is 87.6 Å². The molecule has 0 atom stereocenters. The summed E-state index contributed by atoms with van der Waals surface area (Å²) in [6, 6.07) is 38.4. The summed E-state index contributed by atoms with van der Waals surface area (Å²) in [5.74, 6) is 2.60. The van der Waals surface area contributed by atoms with Gasteiger partial charge in [-0.25, -0.2) is 0 Å². The molecule has 0 aliphatic carbocycles. The van der Waals surface area contributed by atoms with E-state index in [-0.39, 0.29) is 5.41 Å². The number of hydrogen-bond donors (Lipinski definition) is 0. The first-order valence-corrected chi connectivity index (χ1v) is 21.6. The Balaban J connectivity index is 0.000000276. The lowest BCUT2D eigenvalue weighted by Gasteiger charge is -2.37. The predicted molar refractivity (Wildman–Crippen MR) is 266 cm³/mol. The van der Waals surface area contributed by atoms with Gasteiger partial charge in [0.15, 0.2) is 0 Å². The van der Waals surface area contributed by atoms with E-state index in [0.29, 0.717) is 0 Å². The molecule has 4 heterocycles. The smallest absolute Gasteiger partial charge is 0.139 e. The highest BCUT2D eigenvalue weighted by atomic mass is 16.5. The van der Waals surface area contributed by atoms with E-state index in [4.69, 9.17) is 13.6 Å². The van der Waals surface area contributed by atoms with Gasteiger partial charge in [-0.1, -0.05) is 131 Å². The Morgan fingerprint density at radius 3 is 2.15 bits per heavy atom. The third-order valence-electron chi connectivity index (χ3n) is 12.1. The summed E-state index contributed by atoms with van der Waals surface area (Å²) in [6.45, 7) is 27.2. The van der Waals surface area contributed by atoms with E-state index in [0.717, 1.165) is 78.4 Å². The summed E-state index contributed by atoms with van der Waals surface area (Å²) in [4.78, 5) is 0. The molecule has 0 amide bonds. The van der Waals surface area contributed by atoms with Crippen LogP contribution in [0.4, 0.5) is 0 Å². The highest BCUT2D eigenvalue weighted by molar-refractivity contribution is 6.13. The molecule has 0 bridgehead atoms. The van der Waals surface area contributed by atoms with Crippen LogP contribution < -0.4 is 4.74 Å². The molecule has 0 spiro atoms. The molecule has 4 nitrogen and oxygen atoms in total. The minimum Gasteiger partial charge on any atom is -0.456 e. The van der Waals surface area contributed by atoms with Crippen LogP contribution in [0.15, 0.2) is 161 Å². The number of rotatable bonds is 6. The van der Waals surface area contributed by atoms with E-state index in [1.165, 1.54) is 43.8 Å². The Kier molecular flexibility index (Phi) is 11.3. The van der Waals surface area contributed by atoms with Crippen molar-refractivity contribution in [2.75, 3.05) is 0 Å². The fraction of sp³-hybridized carbons (Fsp3) is 0.172. The monoisotopic (exact) mass is 813 g/mol. The van der Waals surface area contributed by atoms with Crippen LogP contribution in [0.2, 0.25) is 0 Å².